The Bertz CT molecular complexity index is 2470. The first kappa shape index (κ1) is 23.9. The summed E-state index contributed by atoms with van der Waals surface area (Å²) in [5, 5.41) is 6.76. The van der Waals surface area contributed by atoms with Gasteiger partial charge in [0.1, 0.15) is 22.3 Å². The van der Waals surface area contributed by atoms with Crippen molar-refractivity contribution in [3.05, 3.63) is 152 Å². The molecule has 0 radical (unpaired) electrons. The summed E-state index contributed by atoms with van der Waals surface area (Å²) >= 11 is 0. The second kappa shape index (κ2) is 9.37. The molecule has 7 aromatic carbocycles. The highest BCUT2D eigenvalue weighted by atomic mass is 16.3. The molecule has 2 heterocycles. The molecular formula is C40H25NO2. The molecule has 0 aliphatic heterocycles. The molecule has 0 aliphatic rings. The van der Waals surface area contributed by atoms with E-state index < -0.39 is 0 Å². The Balaban J connectivity index is 1.31. The molecule has 202 valence electrons. The first-order chi connectivity index (χ1) is 21.3. The number of hydrogen-bond donors (Lipinski definition) is 0. The zero-order chi connectivity index (χ0) is 28.3. The first-order valence-electron chi connectivity index (χ1n) is 14.5. The number of fused-ring (bicyclic) bond motifs is 8. The number of rotatable bonds is 4. The number of para-hydroxylation sites is 3. The molecule has 9 rings (SSSR count). The maximum Gasteiger partial charge on any atom is 0.143 e. The number of furan rings is 2. The standard InChI is InChI=1S/C40H25NO2/c1-2-12-27(13-3-1)41(28-22-24-37-34(25-28)31-16-7-9-19-36(31)42-37)35-18-8-6-15-30(35)32-17-10-20-38-39(32)33-23-21-26-11-4-5-14-29(26)40(33)43-38/h1-25H. The molecule has 0 N–H and O–H groups in total. The van der Waals surface area contributed by atoms with Crippen LogP contribution in [0.3, 0.4) is 0 Å². The Kier molecular flexibility index (Phi) is 5.20. The fourth-order valence-electron chi connectivity index (χ4n) is 6.53. The lowest BCUT2D eigenvalue weighted by Gasteiger charge is -2.28. The quantitative estimate of drug-likeness (QED) is 0.218. The third-order valence-corrected chi connectivity index (χ3v) is 8.46. The molecule has 9 aromatic rings. The predicted octanol–water partition coefficient (Wildman–Crippen LogP) is 11.8. The van der Waals surface area contributed by atoms with Crippen LogP contribution in [0.2, 0.25) is 0 Å². The highest BCUT2D eigenvalue weighted by molar-refractivity contribution is 6.19. The monoisotopic (exact) mass is 551 g/mol. The van der Waals surface area contributed by atoms with Crippen LogP contribution in [0.4, 0.5) is 17.1 Å². The van der Waals surface area contributed by atoms with Crippen LogP contribution in [0.5, 0.6) is 0 Å². The fraction of sp³-hybridized carbons (Fsp3) is 0. The maximum atomic E-state index is 6.55. The molecule has 0 unspecified atom stereocenters. The normalized spacial score (nSPS) is 11.7. The zero-order valence-corrected chi connectivity index (χ0v) is 23.2. The van der Waals surface area contributed by atoms with Gasteiger partial charge >= 0.3 is 0 Å². The summed E-state index contributed by atoms with van der Waals surface area (Å²) in [5.41, 5.74) is 9.09. The Morgan fingerprint density at radius 3 is 2.05 bits per heavy atom. The predicted molar refractivity (Wildman–Crippen MR) is 179 cm³/mol. The van der Waals surface area contributed by atoms with Gasteiger partial charge < -0.3 is 13.7 Å². The number of benzene rings is 7. The van der Waals surface area contributed by atoms with Gasteiger partial charge in [0.2, 0.25) is 0 Å². The van der Waals surface area contributed by atoms with Gasteiger partial charge in [-0.25, -0.2) is 0 Å². The molecule has 0 bridgehead atoms. The molecule has 2 aromatic heterocycles. The van der Waals surface area contributed by atoms with E-state index in [0.29, 0.717) is 0 Å². The van der Waals surface area contributed by atoms with Crippen LogP contribution in [-0.2, 0) is 0 Å². The van der Waals surface area contributed by atoms with Gasteiger partial charge in [0.15, 0.2) is 0 Å². The highest BCUT2D eigenvalue weighted by Crippen LogP contribution is 2.46. The van der Waals surface area contributed by atoms with Gasteiger partial charge in [0.05, 0.1) is 5.69 Å². The van der Waals surface area contributed by atoms with Crippen LogP contribution < -0.4 is 4.90 Å². The molecule has 3 nitrogen and oxygen atoms in total. The van der Waals surface area contributed by atoms with E-state index in [-0.39, 0.29) is 0 Å². The van der Waals surface area contributed by atoms with Crippen LogP contribution in [0.15, 0.2) is 160 Å². The molecule has 0 spiro atoms. The van der Waals surface area contributed by atoms with Crippen molar-refractivity contribution in [2.75, 3.05) is 4.90 Å². The van der Waals surface area contributed by atoms with E-state index in [1.165, 1.54) is 5.39 Å². The third-order valence-electron chi connectivity index (χ3n) is 8.46. The van der Waals surface area contributed by atoms with Crippen molar-refractivity contribution in [3.63, 3.8) is 0 Å². The lowest BCUT2D eigenvalue weighted by molar-refractivity contribution is 0.669. The minimum absolute atomic E-state index is 0.883. The number of nitrogens with zero attached hydrogens (tertiary/aromatic N) is 1. The summed E-state index contributed by atoms with van der Waals surface area (Å²) < 4.78 is 12.7. The van der Waals surface area contributed by atoms with E-state index in [4.69, 9.17) is 8.83 Å². The lowest BCUT2D eigenvalue weighted by Crippen LogP contribution is -2.11. The topological polar surface area (TPSA) is 29.5 Å². The summed E-state index contributed by atoms with van der Waals surface area (Å²) in [4.78, 5) is 2.34. The van der Waals surface area contributed by atoms with E-state index >= 15 is 0 Å². The minimum atomic E-state index is 0.883. The summed E-state index contributed by atoms with van der Waals surface area (Å²) in [6.07, 6.45) is 0. The van der Waals surface area contributed by atoms with Crippen molar-refractivity contribution in [1.29, 1.82) is 0 Å². The summed E-state index contributed by atoms with van der Waals surface area (Å²) in [6.45, 7) is 0. The second-order valence-corrected chi connectivity index (χ2v) is 10.9. The molecule has 0 atom stereocenters. The molecule has 0 saturated carbocycles. The van der Waals surface area contributed by atoms with Gasteiger partial charge in [-0.2, -0.15) is 0 Å². The molecular weight excluding hydrogens is 526 g/mol. The molecule has 43 heavy (non-hydrogen) atoms. The minimum Gasteiger partial charge on any atom is -0.456 e. The zero-order valence-electron chi connectivity index (χ0n) is 23.2. The number of hydrogen-bond acceptors (Lipinski definition) is 3. The van der Waals surface area contributed by atoms with Gasteiger partial charge in [-0.1, -0.05) is 97.1 Å². The van der Waals surface area contributed by atoms with Crippen LogP contribution in [0.25, 0.3) is 65.8 Å². The van der Waals surface area contributed by atoms with Crippen LogP contribution in [0.1, 0.15) is 0 Å². The maximum absolute atomic E-state index is 6.55. The van der Waals surface area contributed by atoms with E-state index in [0.717, 1.165) is 77.5 Å². The second-order valence-electron chi connectivity index (χ2n) is 10.9. The van der Waals surface area contributed by atoms with E-state index in [9.17, 15) is 0 Å². The van der Waals surface area contributed by atoms with Crippen molar-refractivity contribution in [1.82, 2.24) is 0 Å². The van der Waals surface area contributed by atoms with Gasteiger partial charge in [-0.15, -0.1) is 0 Å². The molecule has 0 fully saturated rings. The Morgan fingerprint density at radius 2 is 1.12 bits per heavy atom. The SMILES string of the molecule is c1ccc(N(c2ccc3oc4ccccc4c3c2)c2ccccc2-c2cccc3oc4c5ccccc5ccc4c23)cc1. The van der Waals surface area contributed by atoms with Crippen LogP contribution in [-0.4, -0.2) is 0 Å². The summed E-state index contributed by atoms with van der Waals surface area (Å²) in [7, 11) is 0. The van der Waals surface area contributed by atoms with Crippen LogP contribution >= 0.6 is 0 Å². The Hall–Kier alpha value is -5.80. The van der Waals surface area contributed by atoms with Crippen molar-refractivity contribution in [2.45, 2.75) is 0 Å². The molecule has 0 aliphatic carbocycles. The Morgan fingerprint density at radius 1 is 0.395 bits per heavy atom. The average Bonchev–Trinajstić information content (AvgIpc) is 3.64. The molecule has 3 heteroatoms. The molecule has 0 amide bonds. The van der Waals surface area contributed by atoms with Gasteiger partial charge in [-0.05, 0) is 65.5 Å². The van der Waals surface area contributed by atoms with Crippen molar-refractivity contribution < 1.29 is 8.83 Å². The fourth-order valence-corrected chi connectivity index (χ4v) is 6.53. The van der Waals surface area contributed by atoms with E-state index in [1.807, 2.05) is 12.1 Å². The van der Waals surface area contributed by atoms with Crippen molar-refractivity contribution in [3.8, 4) is 11.1 Å². The number of anilines is 3. The van der Waals surface area contributed by atoms with Gasteiger partial charge in [0.25, 0.3) is 0 Å². The van der Waals surface area contributed by atoms with E-state index in [1.54, 1.807) is 0 Å². The van der Waals surface area contributed by atoms with Gasteiger partial charge in [0, 0.05) is 43.9 Å². The first-order valence-corrected chi connectivity index (χ1v) is 14.5. The summed E-state index contributed by atoms with van der Waals surface area (Å²) in [5.74, 6) is 0. The third kappa shape index (κ3) is 3.68. The lowest BCUT2D eigenvalue weighted by atomic mass is 9.96. The van der Waals surface area contributed by atoms with Crippen LogP contribution in [0, 0.1) is 0 Å². The Labute approximate surface area is 247 Å². The summed E-state index contributed by atoms with van der Waals surface area (Å²) in [6, 6.07) is 53.1. The van der Waals surface area contributed by atoms with Crippen molar-refractivity contribution in [2.24, 2.45) is 0 Å². The molecule has 0 saturated heterocycles. The van der Waals surface area contributed by atoms with Crippen molar-refractivity contribution >= 4 is 71.7 Å². The highest BCUT2D eigenvalue weighted by Gasteiger charge is 2.21. The van der Waals surface area contributed by atoms with Gasteiger partial charge in [-0.3, -0.25) is 0 Å². The largest absolute Gasteiger partial charge is 0.456 e. The average molecular weight is 552 g/mol. The van der Waals surface area contributed by atoms with E-state index in [2.05, 4.69) is 144 Å². The smallest absolute Gasteiger partial charge is 0.143 e.